The zero-order chi connectivity index (χ0) is 27.6. The molecule has 0 radical (unpaired) electrons. The van der Waals surface area contributed by atoms with Crippen LogP contribution in [0.1, 0.15) is 61.1 Å². The lowest BCUT2D eigenvalue weighted by atomic mass is 9.70. The third-order valence-electron chi connectivity index (χ3n) is 8.09. The molecule has 192 valence electrons. The highest BCUT2D eigenvalue weighted by atomic mass is 16.3. The molecule has 0 saturated carbocycles. The number of carbonyl (C=O) groups is 2. The Balaban J connectivity index is 1.78. The van der Waals surface area contributed by atoms with Crippen molar-refractivity contribution < 1.29 is 19.8 Å². The lowest BCUT2D eigenvalue weighted by Gasteiger charge is -2.31. The quantitative estimate of drug-likeness (QED) is 0.187. The van der Waals surface area contributed by atoms with Gasteiger partial charge in [-0.2, -0.15) is 0 Å². The summed E-state index contributed by atoms with van der Waals surface area (Å²) in [7, 11) is 0. The number of ketones is 2. The molecule has 0 saturated heterocycles. The van der Waals surface area contributed by atoms with E-state index in [1.165, 1.54) is 27.7 Å². The lowest BCUT2D eigenvalue weighted by molar-refractivity contribution is -0.112. The summed E-state index contributed by atoms with van der Waals surface area (Å²) in [5.41, 5.74) is 9.76. The number of Topliss-reactive ketones (excluding diaryl/α,β-unsaturated/α-hetero) is 2. The maximum Gasteiger partial charge on any atom is 0.163 e. The Kier molecular flexibility index (Phi) is 5.47. The second-order valence-corrected chi connectivity index (χ2v) is 10.4. The van der Waals surface area contributed by atoms with Crippen LogP contribution in [0, 0.1) is 0 Å². The van der Waals surface area contributed by atoms with Crippen LogP contribution < -0.4 is 0 Å². The Morgan fingerprint density at radius 1 is 0.513 bits per heavy atom. The van der Waals surface area contributed by atoms with E-state index in [4.69, 9.17) is 0 Å². The molecule has 0 heterocycles. The minimum Gasteiger partial charge on any atom is -0.512 e. The van der Waals surface area contributed by atoms with Gasteiger partial charge in [-0.3, -0.25) is 9.59 Å². The summed E-state index contributed by atoms with van der Waals surface area (Å²) < 4.78 is 0. The standard InChI is InChI=1S/C35H28O4/c1-19(36)33(20(2)37)23-13-15-27-28-16-14-24(34(21(3)38)22(4)39)18-32(28)35(31(27)17-23)29-11-7-5-9-25(29)26-10-6-8-12-30(26)35/h5-18,36,38H,1-4H3/b33-19+,34-21+. The van der Waals surface area contributed by atoms with Gasteiger partial charge < -0.3 is 10.2 Å². The van der Waals surface area contributed by atoms with Crippen LogP contribution in [0.4, 0.5) is 0 Å². The molecule has 2 aliphatic carbocycles. The van der Waals surface area contributed by atoms with Crippen molar-refractivity contribution in [3.63, 3.8) is 0 Å². The number of carbonyl (C=O) groups excluding carboxylic acids is 2. The van der Waals surface area contributed by atoms with Gasteiger partial charge in [-0.1, -0.05) is 72.8 Å². The van der Waals surface area contributed by atoms with Crippen LogP contribution in [-0.2, 0) is 15.0 Å². The Morgan fingerprint density at radius 2 is 0.872 bits per heavy atom. The molecule has 2 N–H and O–H groups in total. The molecule has 0 aromatic heterocycles. The van der Waals surface area contributed by atoms with Crippen molar-refractivity contribution in [3.05, 3.63) is 130 Å². The van der Waals surface area contributed by atoms with Crippen LogP contribution in [0.2, 0.25) is 0 Å². The van der Waals surface area contributed by atoms with Crippen LogP contribution in [-0.4, -0.2) is 21.8 Å². The Morgan fingerprint density at radius 3 is 1.23 bits per heavy atom. The zero-order valence-corrected chi connectivity index (χ0v) is 22.3. The van der Waals surface area contributed by atoms with E-state index in [0.29, 0.717) is 22.3 Å². The van der Waals surface area contributed by atoms with Gasteiger partial charge in [0.1, 0.15) is 11.5 Å². The van der Waals surface area contributed by atoms with E-state index in [2.05, 4.69) is 24.3 Å². The first-order chi connectivity index (χ1) is 18.7. The van der Waals surface area contributed by atoms with Gasteiger partial charge in [-0.15, -0.1) is 0 Å². The number of hydrogen-bond acceptors (Lipinski definition) is 4. The number of aliphatic hydroxyl groups is 2. The second-order valence-electron chi connectivity index (χ2n) is 10.4. The van der Waals surface area contributed by atoms with Crippen molar-refractivity contribution >= 4 is 22.7 Å². The largest absolute Gasteiger partial charge is 0.512 e. The van der Waals surface area contributed by atoms with E-state index in [1.54, 1.807) is 0 Å². The normalized spacial score (nSPS) is 15.1. The van der Waals surface area contributed by atoms with Gasteiger partial charge in [0.25, 0.3) is 0 Å². The summed E-state index contributed by atoms with van der Waals surface area (Å²) in [5, 5.41) is 20.9. The van der Waals surface area contributed by atoms with E-state index in [1.807, 2.05) is 60.7 Å². The number of benzene rings is 4. The van der Waals surface area contributed by atoms with Crippen molar-refractivity contribution in [2.45, 2.75) is 33.1 Å². The summed E-state index contributed by atoms with van der Waals surface area (Å²) in [6.07, 6.45) is 0. The molecule has 4 aromatic carbocycles. The van der Waals surface area contributed by atoms with Crippen molar-refractivity contribution in [2.24, 2.45) is 0 Å². The lowest BCUT2D eigenvalue weighted by Crippen LogP contribution is -2.26. The van der Waals surface area contributed by atoms with Crippen LogP contribution in [0.3, 0.4) is 0 Å². The van der Waals surface area contributed by atoms with E-state index in [9.17, 15) is 19.8 Å². The molecule has 1 spiro atoms. The minimum absolute atomic E-state index is 0.0174. The Labute approximate surface area is 227 Å². The molecule has 0 atom stereocenters. The molecular formula is C35H28O4. The monoisotopic (exact) mass is 512 g/mol. The summed E-state index contributed by atoms with van der Waals surface area (Å²) in [6.45, 7) is 6.00. The van der Waals surface area contributed by atoms with E-state index in [-0.39, 0.29) is 23.1 Å². The number of rotatable bonds is 4. The number of allylic oxidation sites excluding steroid dienone is 4. The topological polar surface area (TPSA) is 74.6 Å². The maximum atomic E-state index is 12.6. The van der Waals surface area contributed by atoms with Gasteiger partial charge in [0, 0.05) is 0 Å². The molecule has 0 amide bonds. The van der Waals surface area contributed by atoms with Crippen LogP contribution in [0.25, 0.3) is 33.4 Å². The van der Waals surface area contributed by atoms with Gasteiger partial charge in [0.15, 0.2) is 11.6 Å². The summed E-state index contributed by atoms with van der Waals surface area (Å²) >= 11 is 0. The molecular weight excluding hydrogens is 484 g/mol. The minimum atomic E-state index is -0.708. The highest BCUT2D eigenvalue weighted by Gasteiger charge is 2.51. The van der Waals surface area contributed by atoms with E-state index >= 15 is 0 Å². The fraction of sp³-hybridized carbons (Fsp3) is 0.143. The van der Waals surface area contributed by atoms with Crippen LogP contribution in [0.5, 0.6) is 0 Å². The van der Waals surface area contributed by atoms with Crippen LogP contribution in [0.15, 0.2) is 96.4 Å². The van der Waals surface area contributed by atoms with Gasteiger partial charge in [0.05, 0.1) is 16.6 Å². The first-order valence-electron chi connectivity index (χ1n) is 13.0. The van der Waals surface area contributed by atoms with Crippen LogP contribution >= 0.6 is 0 Å². The molecule has 2 aliphatic rings. The second kappa shape index (κ2) is 8.67. The molecule has 4 nitrogen and oxygen atoms in total. The smallest absolute Gasteiger partial charge is 0.163 e. The molecule has 0 aliphatic heterocycles. The molecule has 0 fully saturated rings. The predicted octanol–water partition coefficient (Wildman–Crippen LogP) is 7.79. The zero-order valence-electron chi connectivity index (χ0n) is 22.3. The highest BCUT2D eigenvalue weighted by Crippen LogP contribution is 2.63. The molecule has 0 bridgehead atoms. The van der Waals surface area contributed by atoms with Gasteiger partial charge >= 0.3 is 0 Å². The fourth-order valence-corrected chi connectivity index (χ4v) is 6.78. The van der Waals surface area contributed by atoms with E-state index < -0.39 is 5.41 Å². The number of fused-ring (bicyclic) bond motifs is 10. The molecule has 4 aromatic rings. The predicted molar refractivity (Wildman–Crippen MR) is 155 cm³/mol. The van der Waals surface area contributed by atoms with E-state index in [0.717, 1.165) is 44.5 Å². The fourth-order valence-electron chi connectivity index (χ4n) is 6.78. The first kappa shape index (κ1) is 24.6. The molecule has 4 heteroatoms. The first-order valence-corrected chi connectivity index (χ1v) is 13.0. The van der Waals surface area contributed by atoms with Gasteiger partial charge in [-0.25, -0.2) is 0 Å². The number of aliphatic hydroxyl groups excluding tert-OH is 2. The van der Waals surface area contributed by atoms with Gasteiger partial charge in [0.2, 0.25) is 0 Å². The Bertz CT molecular complexity index is 1660. The molecule has 39 heavy (non-hydrogen) atoms. The molecule has 0 unspecified atom stereocenters. The summed E-state index contributed by atoms with van der Waals surface area (Å²) in [6, 6.07) is 28.6. The van der Waals surface area contributed by atoms with Crippen molar-refractivity contribution in [1.82, 2.24) is 0 Å². The van der Waals surface area contributed by atoms with Crippen molar-refractivity contribution in [3.8, 4) is 22.3 Å². The summed E-state index contributed by atoms with van der Waals surface area (Å²) in [5.74, 6) is -0.445. The maximum absolute atomic E-state index is 12.6. The molecule has 6 rings (SSSR count). The number of hydrogen-bond donors (Lipinski definition) is 2. The average Bonchev–Trinajstić information content (AvgIpc) is 3.35. The third-order valence-corrected chi connectivity index (χ3v) is 8.09. The van der Waals surface area contributed by atoms with Crippen molar-refractivity contribution in [1.29, 1.82) is 0 Å². The highest BCUT2D eigenvalue weighted by molar-refractivity contribution is 6.21. The van der Waals surface area contributed by atoms with Gasteiger partial charge in [-0.05, 0) is 95.5 Å². The summed E-state index contributed by atoms with van der Waals surface area (Å²) in [4.78, 5) is 25.2. The SMILES string of the molecule is CC(=O)/C(=C(/C)O)c1ccc2c(c1)C1(c3ccccc3-c3ccccc31)c1cc(/C(C(C)=O)=C(\C)O)ccc1-2. The Hall–Kier alpha value is -4.70. The van der Waals surface area contributed by atoms with Crippen molar-refractivity contribution in [2.75, 3.05) is 0 Å². The average molecular weight is 513 g/mol. The third kappa shape index (κ3) is 3.31.